The van der Waals surface area contributed by atoms with Crippen molar-refractivity contribution in [3.63, 3.8) is 0 Å². The summed E-state index contributed by atoms with van der Waals surface area (Å²) in [5.41, 5.74) is 0.189. The number of halogens is 3. The smallest absolute Gasteiger partial charge is 0.343 e. The normalized spacial score (nSPS) is 13.3. The van der Waals surface area contributed by atoms with E-state index in [4.69, 9.17) is 27.9 Å². The quantitative estimate of drug-likeness (QED) is 0.160. The molecule has 0 radical (unpaired) electrons. The number of nitro groups is 1. The van der Waals surface area contributed by atoms with Crippen LogP contribution in [0.15, 0.2) is 77.5 Å². The molecule has 0 aromatic heterocycles. The van der Waals surface area contributed by atoms with E-state index in [1.54, 1.807) is 0 Å². The number of nitrogens with one attached hydrogen (secondary N) is 1. The van der Waals surface area contributed by atoms with Crippen LogP contribution in [-0.2, 0) is 9.59 Å². The lowest BCUT2D eigenvalue weighted by atomic mass is 10.2. The second kappa shape index (κ2) is 9.53. The van der Waals surface area contributed by atoms with Crippen LogP contribution in [0.4, 0.5) is 21.5 Å². The molecule has 0 atom stereocenters. The molecular weight excluding hydrogens is 504 g/mol. The highest BCUT2D eigenvalue weighted by Gasteiger charge is 2.39. The molecule has 35 heavy (non-hydrogen) atoms. The third-order valence-corrected chi connectivity index (χ3v) is 5.48. The van der Waals surface area contributed by atoms with Gasteiger partial charge in [0.25, 0.3) is 17.5 Å². The maximum Gasteiger partial charge on any atom is 0.343 e. The monoisotopic (exact) mass is 515 g/mol. The highest BCUT2D eigenvalue weighted by Crippen LogP contribution is 2.32. The Hall–Kier alpha value is -4.28. The van der Waals surface area contributed by atoms with Crippen LogP contribution in [0.1, 0.15) is 10.4 Å². The minimum absolute atomic E-state index is 0.0469. The van der Waals surface area contributed by atoms with Gasteiger partial charge in [-0.25, -0.2) is 14.1 Å². The zero-order chi connectivity index (χ0) is 25.3. The fraction of sp³-hybridized carbons (Fsp3) is 0. The van der Waals surface area contributed by atoms with E-state index in [0.717, 1.165) is 17.0 Å². The number of carbonyl (C=O) groups excluding carboxylic acids is 3. The molecule has 0 fully saturated rings. The van der Waals surface area contributed by atoms with Crippen molar-refractivity contribution in [3.05, 3.63) is 104 Å². The summed E-state index contributed by atoms with van der Waals surface area (Å²) in [7, 11) is 0. The first kappa shape index (κ1) is 23.9. The number of carbonyl (C=O) groups is 3. The van der Waals surface area contributed by atoms with Crippen LogP contribution < -0.4 is 15.0 Å². The summed E-state index contributed by atoms with van der Waals surface area (Å²) in [5.74, 6) is -2.89. The Morgan fingerprint density at radius 1 is 0.971 bits per heavy atom. The second-order valence-electron chi connectivity index (χ2n) is 7.08. The van der Waals surface area contributed by atoms with Crippen LogP contribution in [-0.4, -0.2) is 22.7 Å². The largest absolute Gasteiger partial charge is 0.423 e. The molecule has 12 heteroatoms. The van der Waals surface area contributed by atoms with Crippen LogP contribution in [0.2, 0.25) is 5.02 Å². The molecule has 176 valence electrons. The van der Waals surface area contributed by atoms with E-state index in [0.29, 0.717) is 5.69 Å². The molecule has 1 aliphatic rings. The van der Waals surface area contributed by atoms with E-state index in [1.807, 2.05) is 0 Å². The highest BCUT2D eigenvalue weighted by atomic mass is 35.5. The lowest BCUT2D eigenvalue weighted by Crippen LogP contribution is -2.32. The predicted octanol–water partition coefficient (Wildman–Crippen LogP) is 5.04. The first-order valence-corrected chi connectivity index (χ1v) is 10.5. The van der Waals surface area contributed by atoms with E-state index < -0.39 is 28.5 Å². The van der Waals surface area contributed by atoms with E-state index in [1.165, 1.54) is 54.6 Å². The van der Waals surface area contributed by atoms with Gasteiger partial charge >= 0.3 is 5.97 Å². The Morgan fingerprint density at radius 2 is 1.63 bits per heavy atom. The number of anilines is 2. The van der Waals surface area contributed by atoms with Gasteiger partial charge in [0.1, 0.15) is 22.3 Å². The number of ether oxygens (including phenoxy) is 1. The number of hydrogen-bond acceptors (Lipinski definition) is 7. The van der Waals surface area contributed by atoms with Crippen LogP contribution in [0, 0.1) is 15.9 Å². The Balaban J connectivity index is 1.46. The van der Waals surface area contributed by atoms with Crippen LogP contribution in [0.3, 0.4) is 0 Å². The molecule has 0 spiro atoms. The van der Waals surface area contributed by atoms with Crippen LogP contribution >= 0.6 is 23.2 Å². The van der Waals surface area contributed by atoms with Gasteiger partial charge in [0.05, 0.1) is 21.2 Å². The molecule has 0 bridgehead atoms. The van der Waals surface area contributed by atoms with Crippen molar-refractivity contribution in [3.8, 4) is 5.75 Å². The number of nitro benzene ring substituents is 1. The second-order valence-corrected chi connectivity index (χ2v) is 7.86. The molecule has 0 aliphatic carbocycles. The van der Waals surface area contributed by atoms with Gasteiger partial charge in [0, 0.05) is 17.8 Å². The number of rotatable bonds is 6. The van der Waals surface area contributed by atoms with Gasteiger partial charge in [-0.1, -0.05) is 23.2 Å². The molecule has 4 rings (SSSR count). The number of imide groups is 1. The lowest BCUT2D eigenvalue weighted by Gasteiger charge is -2.15. The SMILES string of the molecule is O=C(Oc1ccc([N+](=O)[O-])cc1)c1ccc(NC2=C(Cl)C(=O)N(c3ccc(F)c(Cl)c3)C2=O)cc1. The van der Waals surface area contributed by atoms with Gasteiger partial charge in [-0.3, -0.25) is 19.7 Å². The summed E-state index contributed by atoms with van der Waals surface area (Å²) in [5, 5.41) is 12.8. The molecule has 0 saturated carbocycles. The Kier molecular flexibility index (Phi) is 6.50. The van der Waals surface area contributed by atoms with Crippen molar-refractivity contribution in [2.24, 2.45) is 0 Å². The summed E-state index contributed by atoms with van der Waals surface area (Å²) in [4.78, 5) is 48.6. The van der Waals surface area contributed by atoms with Gasteiger partial charge in [-0.05, 0) is 54.6 Å². The maximum atomic E-state index is 13.5. The van der Waals surface area contributed by atoms with Gasteiger partial charge in [0.15, 0.2) is 0 Å². The number of benzene rings is 3. The number of nitrogens with zero attached hydrogens (tertiary/aromatic N) is 2. The predicted molar refractivity (Wildman–Crippen MR) is 125 cm³/mol. The van der Waals surface area contributed by atoms with Crippen LogP contribution in [0.25, 0.3) is 0 Å². The fourth-order valence-corrected chi connectivity index (χ4v) is 3.49. The van der Waals surface area contributed by atoms with Crippen molar-refractivity contribution < 1.29 is 28.4 Å². The third-order valence-electron chi connectivity index (χ3n) is 4.84. The summed E-state index contributed by atoms with van der Waals surface area (Å²) >= 11 is 11.8. The topological polar surface area (TPSA) is 119 Å². The van der Waals surface area contributed by atoms with E-state index in [9.17, 15) is 28.9 Å². The zero-order valence-electron chi connectivity index (χ0n) is 17.3. The summed E-state index contributed by atoms with van der Waals surface area (Å²) in [6.07, 6.45) is 0. The summed E-state index contributed by atoms with van der Waals surface area (Å²) in [6.45, 7) is 0. The van der Waals surface area contributed by atoms with E-state index >= 15 is 0 Å². The summed E-state index contributed by atoms with van der Waals surface area (Å²) < 4.78 is 18.6. The molecule has 1 N–H and O–H groups in total. The minimum Gasteiger partial charge on any atom is -0.423 e. The van der Waals surface area contributed by atoms with Crippen molar-refractivity contribution in [2.45, 2.75) is 0 Å². The molecule has 2 amide bonds. The number of amides is 2. The van der Waals surface area contributed by atoms with Crippen molar-refractivity contribution in [1.82, 2.24) is 0 Å². The molecule has 9 nitrogen and oxygen atoms in total. The van der Waals surface area contributed by atoms with E-state index in [-0.39, 0.29) is 38.4 Å². The number of non-ortho nitro benzene ring substituents is 1. The molecule has 3 aromatic carbocycles. The standard InChI is InChI=1S/C23H12Cl2FN3O6/c24-17-11-15(7-10-18(17)26)28-21(30)19(25)20(22(28)31)27-13-3-1-12(2-4-13)23(32)35-16-8-5-14(6-9-16)29(33)34/h1-11,27H. The van der Waals surface area contributed by atoms with Crippen molar-refractivity contribution in [2.75, 3.05) is 10.2 Å². The first-order valence-electron chi connectivity index (χ1n) is 9.73. The Bertz CT molecular complexity index is 1410. The van der Waals surface area contributed by atoms with E-state index in [2.05, 4.69) is 5.32 Å². The summed E-state index contributed by atoms with van der Waals surface area (Å²) in [6, 6.07) is 14.1. The average molecular weight is 516 g/mol. The van der Waals surface area contributed by atoms with Gasteiger partial charge in [0.2, 0.25) is 0 Å². The molecule has 3 aromatic rings. The van der Waals surface area contributed by atoms with Gasteiger partial charge < -0.3 is 10.1 Å². The minimum atomic E-state index is -0.815. The highest BCUT2D eigenvalue weighted by molar-refractivity contribution is 6.53. The molecule has 1 heterocycles. The fourth-order valence-electron chi connectivity index (χ4n) is 3.11. The zero-order valence-corrected chi connectivity index (χ0v) is 18.8. The van der Waals surface area contributed by atoms with Gasteiger partial charge in [-0.2, -0.15) is 0 Å². The first-order chi connectivity index (χ1) is 16.7. The molecular formula is C23H12Cl2FN3O6. The van der Waals surface area contributed by atoms with Gasteiger partial charge in [-0.15, -0.1) is 0 Å². The molecule has 0 unspecified atom stereocenters. The number of hydrogen-bond donors (Lipinski definition) is 1. The Morgan fingerprint density at radius 3 is 2.23 bits per heavy atom. The third kappa shape index (κ3) is 4.84. The average Bonchev–Trinajstić information content (AvgIpc) is 3.04. The van der Waals surface area contributed by atoms with Crippen molar-refractivity contribution in [1.29, 1.82) is 0 Å². The number of esters is 1. The molecule has 0 saturated heterocycles. The Labute approximate surface area is 206 Å². The van der Waals surface area contributed by atoms with Crippen LogP contribution in [0.5, 0.6) is 5.75 Å². The lowest BCUT2D eigenvalue weighted by molar-refractivity contribution is -0.384. The van der Waals surface area contributed by atoms with Crippen molar-refractivity contribution >= 4 is 58.0 Å². The molecule has 1 aliphatic heterocycles. The maximum absolute atomic E-state index is 13.5.